The van der Waals surface area contributed by atoms with Crippen molar-refractivity contribution in [1.82, 2.24) is 5.32 Å². The predicted octanol–water partition coefficient (Wildman–Crippen LogP) is 1.39. The quantitative estimate of drug-likeness (QED) is 0.639. The van der Waals surface area contributed by atoms with Gasteiger partial charge in [-0.2, -0.15) is 0 Å². The van der Waals surface area contributed by atoms with E-state index in [0.29, 0.717) is 13.0 Å². The van der Waals surface area contributed by atoms with Gasteiger partial charge in [-0.3, -0.25) is 9.59 Å². The zero-order chi connectivity index (χ0) is 13.4. The Morgan fingerprint density at radius 1 is 1.22 bits per heavy atom. The van der Waals surface area contributed by atoms with Crippen molar-refractivity contribution in [3.05, 3.63) is 29.8 Å². The fraction of sp³-hybridized carbons (Fsp3) is 0.385. The number of hydrogen-bond donors (Lipinski definition) is 3. The molecule has 0 heterocycles. The molecule has 0 aliphatic rings. The molecule has 1 aromatic carbocycles. The Hall–Kier alpha value is -1.88. The van der Waals surface area contributed by atoms with E-state index in [1.54, 1.807) is 0 Å². The molecule has 0 aliphatic carbocycles. The summed E-state index contributed by atoms with van der Waals surface area (Å²) in [5.41, 5.74) is 1.90. The van der Waals surface area contributed by atoms with Crippen molar-refractivity contribution in [2.75, 3.05) is 18.4 Å². The summed E-state index contributed by atoms with van der Waals surface area (Å²) in [5, 5.41) is 14.1. The number of carboxylic acids is 1. The summed E-state index contributed by atoms with van der Waals surface area (Å²) in [7, 11) is 0. The number of anilines is 1. The first kappa shape index (κ1) is 14.2. The van der Waals surface area contributed by atoms with Gasteiger partial charge in [0.2, 0.25) is 5.91 Å². The SMILES string of the molecule is Cc1ccc(NC(=O)CNCCCC(=O)O)cc1. The molecule has 0 aromatic heterocycles. The summed E-state index contributed by atoms with van der Waals surface area (Å²) in [6.45, 7) is 2.69. The fourth-order valence-corrected chi connectivity index (χ4v) is 1.41. The fourth-order valence-electron chi connectivity index (χ4n) is 1.41. The van der Waals surface area contributed by atoms with Crippen LogP contribution >= 0.6 is 0 Å². The maximum absolute atomic E-state index is 11.5. The molecule has 0 fully saturated rings. The van der Waals surface area contributed by atoms with E-state index in [2.05, 4.69) is 10.6 Å². The van der Waals surface area contributed by atoms with Crippen molar-refractivity contribution in [3.63, 3.8) is 0 Å². The lowest BCUT2D eigenvalue weighted by Crippen LogP contribution is -2.29. The number of aliphatic carboxylic acids is 1. The van der Waals surface area contributed by atoms with Crippen molar-refractivity contribution < 1.29 is 14.7 Å². The van der Waals surface area contributed by atoms with Gasteiger partial charge in [-0.15, -0.1) is 0 Å². The highest BCUT2D eigenvalue weighted by Crippen LogP contribution is 2.07. The number of rotatable bonds is 7. The second-order valence-electron chi connectivity index (χ2n) is 4.09. The maximum Gasteiger partial charge on any atom is 0.303 e. The number of benzene rings is 1. The average molecular weight is 250 g/mol. The van der Waals surface area contributed by atoms with Gasteiger partial charge in [-0.05, 0) is 32.0 Å². The molecule has 1 aromatic rings. The van der Waals surface area contributed by atoms with Crippen LogP contribution in [-0.4, -0.2) is 30.1 Å². The van der Waals surface area contributed by atoms with Crippen LogP contribution in [-0.2, 0) is 9.59 Å². The van der Waals surface area contributed by atoms with Crippen LogP contribution in [0.1, 0.15) is 18.4 Å². The first-order valence-corrected chi connectivity index (χ1v) is 5.87. The van der Waals surface area contributed by atoms with Crippen molar-refractivity contribution in [1.29, 1.82) is 0 Å². The third-order valence-corrected chi connectivity index (χ3v) is 2.37. The van der Waals surface area contributed by atoms with Crippen LogP contribution < -0.4 is 10.6 Å². The Labute approximate surface area is 106 Å². The molecule has 5 heteroatoms. The van der Waals surface area contributed by atoms with Gasteiger partial charge in [-0.1, -0.05) is 17.7 Å². The van der Waals surface area contributed by atoms with E-state index in [1.165, 1.54) is 0 Å². The Morgan fingerprint density at radius 2 is 1.89 bits per heavy atom. The Balaban J connectivity index is 2.17. The van der Waals surface area contributed by atoms with Crippen LogP contribution in [0.15, 0.2) is 24.3 Å². The molecule has 0 radical (unpaired) electrons. The molecule has 0 aliphatic heterocycles. The second-order valence-corrected chi connectivity index (χ2v) is 4.09. The molecule has 3 N–H and O–H groups in total. The lowest BCUT2D eigenvalue weighted by molar-refractivity contribution is -0.137. The molecule has 1 amide bonds. The highest BCUT2D eigenvalue weighted by molar-refractivity contribution is 5.92. The molecular formula is C13H18N2O3. The minimum absolute atomic E-state index is 0.118. The lowest BCUT2D eigenvalue weighted by atomic mass is 10.2. The van der Waals surface area contributed by atoms with E-state index in [9.17, 15) is 9.59 Å². The van der Waals surface area contributed by atoms with E-state index in [0.717, 1.165) is 11.3 Å². The van der Waals surface area contributed by atoms with Gasteiger partial charge >= 0.3 is 5.97 Å². The van der Waals surface area contributed by atoms with Crippen LogP contribution in [0, 0.1) is 6.92 Å². The minimum atomic E-state index is -0.819. The molecule has 0 bridgehead atoms. The van der Waals surface area contributed by atoms with Gasteiger partial charge in [0.1, 0.15) is 0 Å². The van der Waals surface area contributed by atoms with Gasteiger partial charge in [-0.25, -0.2) is 0 Å². The number of carbonyl (C=O) groups excluding carboxylic acids is 1. The standard InChI is InChI=1S/C13H18N2O3/c1-10-4-6-11(7-5-10)15-12(16)9-14-8-2-3-13(17)18/h4-7,14H,2-3,8-9H2,1H3,(H,15,16)(H,17,18). The molecule has 98 valence electrons. The molecule has 0 saturated heterocycles. The number of nitrogens with one attached hydrogen (secondary N) is 2. The van der Waals surface area contributed by atoms with Gasteiger partial charge < -0.3 is 15.7 Å². The van der Waals surface area contributed by atoms with Crippen molar-refractivity contribution in [3.8, 4) is 0 Å². The Morgan fingerprint density at radius 3 is 2.50 bits per heavy atom. The molecule has 1 rings (SSSR count). The summed E-state index contributed by atoms with van der Waals surface area (Å²) in [6.07, 6.45) is 0.639. The van der Waals surface area contributed by atoms with Crippen molar-refractivity contribution in [2.45, 2.75) is 19.8 Å². The number of carbonyl (C=O) groups is 2. The van der Waals surface area contributed by atoms with Gasteiger partial charge in [0, 0.05) is 12.1 Å². The smallest absolute Gasteiger partial charge is 0.303 e. The number of carboxylic acid groups (broad SMARTS) is 1. The highest BCUT2D eigenvalue weighted by Gasteiger charge is 2.02. The summed E-state index contributed by atoms with van der Waals surface area (Å²) in [6, 6.07) is 7.54. The van der Waals surface area contributed by atoms with E-state index < -0.39 is 5.97 Å². The maximum atomic E-state index is 11.5. The first-order chi connectivity index (χ1) is 8.58. The highest BCUT2D eigenvalue weighted by atomic mass is 16.4. The third-order valence-electron chi connectivity index (χ3n) is 2.37. The van der Waals surface area contributed by atoms with E-state index in [-0.39, 0.29) is 18.9 Å². The monoisotopic (exact) mass is 250 g/mol. The zero-order valence-corrected chi connectivity index (χ0v) is 10.4. The largest absolute Gasteiger partial charge is 0.481 e. The van der Waals surface area contributed by atoms with Crippen LogP contribution in [0.4, 0.5) is 5.69 Å². The molecule has 0 atom stereocenters. The summed E-state index contributed by atoms with van der Waals surface area (Å²) >= 11 is 0. The van der Waals surface area contributed by atoms with E-state index >= 15 is 0 Å². The normalized spacial score (nSPS) is 10.1. The summed E-state index contributed by atoms with van der Waals surface area (Å²) in [5.74, 6) is -0.949. The second kappa shape index (κ2) is 7.45. The van der Waals surface area contributed by atoms with Gasteiger partial charge in [0.25, 0.3) is 0 Å². The number of amides is 1. The van der Waals surface area contributed by atoms with Crippen LogP contribution in [0.25, 0.3) is 0 Å². The average Bonchev–Trinajstić information content (AvgIpc) is 2.31. The van der Waals surface area contributed by atoms with Crippen molar-refractivity contribution >= 4 is 17.6 Å². The molecule has 0 saturated carbocycles. The zero-order valence-electron chi connectivity index (χ0n) is 10.4. The molecule has 0 spiro atoms. The van der Waals surface area contributed by atoms with Crippen molar-refractivity contribution in [2.24, 2.45) is 0 Å². The number of hydrogen-bond acceptors (Lipinski definition) is 3. The van der Waals surface area contributed by atoms with Crippen LogP contribution in [0.5, 0.6) is 0 Å². The van der Waals surface area contributed by atoms with Gasteiger partial charge in [0.05, 0.1) is 6.54 Å². The van der Waals surface area contributed by atoms with Crippen LogP contribution in [0.3, 0.4) is 0 Å². The first-order valence-electron chi connectivity index (χ1n) is 5.87. The van der Waals surface area contributed by atoms with Gasteiger partial charge in [0.15, 0.2) is 0 Å². The summed E-state index contributed by atoms with van der Waals surface area (Å²) in [4.78, 5) is 21.8. The third kappa shape index (κ3) is 6.00. The lowest BCUT2D eigenvalue weighted by Gasteiger charge is -2.06. The Kier molecular flexibility index (Phi) is 5.87. The minimum Gasteiger partial charge on any atom is -0.481 e. The van der Waals surface area contributed by atoms with Crippen LogP contribution in [0.2, 0.25) is 0 Å². The predicted molar refractivity (Wildman–Crippen MR) is 69.5 cm³/mol. The topological polar surface area (TPSA) is 78.4 Å². The number of aryl methyl sites for hydroxylation is 1. The molecule has 18 heavy (non-hydrogen) atoms. The van der Waals surface area contributed by atoms with E-state index in [1.807, 2.05) is 31.2 Å². The Bertz CT molecular complexity index is 401. The molecular weight excluding hydrogens is 232 g/mol. The van der Waals surface area contributed by atoms with E-state index in [4.69, 9.17) is 5.11 Å². The molecule has 0 unspecified atom stereocenters. The molecule has 5 nitrogen and oxygen atoms in total. The summed E-state index contributed by atoms with van der Waals surface area (Å²) < 4.78 is 0.